The molecule has 2 aromatic carbocycles. The molecule has 0 aliphatic carbocycles. The van der Waals surface area contributed by atoms with Gasteiger partial charge in [-0.2, -0.15) is 0 Å². The molecule has 0 unspecified atom stereocenters. The average Bonchev–Trinajstić information content (AvgIpc) is 2.65. The van der Waals surface area contributed by atoms with Crippen LogP contribution < -0.4 is 19.5 Å². The number of nitrogens with one attached hydrogen (secondary N) is 2. The number of carbonyl (C=O) groups is 1. The maximum absolute atomic E-state index is 12.2. The number of anilines is 1. The summed E-state index contributed by atoms with van der Waals surface area (Å²) < 4.78 is 37.3. The van der Waals surface area contributed by atoms with Gasteiger partial charge in [-0.1, -0.05) is 12.1 Å². The highest BCUT2D eigenvalue weighted by Crippen LogP contribution is 2.31. The van der Waals surface area contributed by atoms with E-state index in [-0.39, 0.29) is 16.8 Å². The van der Waals surface area contributed by atoms with Crippen molar-refractivity contribution >= 4 is 27.7 Å². The molecule has 0 aliphatic rings. The van der Waals surface area contributed by atoms with Crippen LogP contribution in [0.4, 0.5) is 5.69 Å². The van der Waals surface area contributed by atoms with Crippen LogP contribution in [-0.2, 0) is 14.8 Å². The molecule has 2 aromatic rings. The van der Waals surface area contributed by atoms with E-state index < -0.39 is 10.0 Å². The Morgan fingerprint density at radius 2 is 1.71 bits per heavy atom. The molecule has 7 nitrogen and oxygen atoms in total. The van der Waals surface area contributed by atoms with Gasteiger partial charge in [-0.05, 0) is 50.3 Å². The molecular weight excluding hydrogens is 380 g/mol. The molecule has 0 saturated carbocycles. The Morgan fingerprint density at radius 3 is 2.29 bits per heavy atom. The molecule has 150 valence electrons. The lowest BCUT2D eigenvalue weighted by Gasteiger charge is -2.10. The van der Waals surface area contributed by atoms with E-state index in [0.29, 0.717) is 22.7 Å². The zero-order valence-electron chi connectivity index (χ0n) is 16.2. The number of ether oxygens (including phenoxy) is 2. The summed E-state index contributed by atoms with van der Waals surface area (Å²) in [7, 11) is -0.501. The highest BCUT2D eigenvalue weighted by molar-refractivity contribution is 7.89. The van der Waals surface area contributed by atoms with E-state index in [4.69, 9.17) is 9.47 Å². The first-order chi connectivity index (χ1) is 13.3. The number of benzene rings is 2. The summed E-state index contributed by atoms with van der Waals surface area (Å²) in [6, 6.07) is 11.1. The number of hydrogen-bond donors (Lipinski definition) is 2. The minimum Gasteiger partial charge on any atom is -0.493 e. The Hall–Kier alpha value is -2.84. The molecular formula is C20H24N2O5S. The van der Waals surface area contributed by atoms with Crippen LogP contribution in [0, 0.1) is 0 Å². The van der Waals surface area contributed by atoms with E-state index in [1.807, 2.05) is 0 Å². The molecule has 0 radical (unpaired) electrons. The predicted octanol–water partition coefficient (Wildman–Crippen LogP) is 3.04. The molecule has 0 saturated heterocycles. The van der Waals surface area contributed by atoms with Crippen molar-refractivity contribution in [3.05, 3.63) is 54.1 Å². The zero-order chi connectivity index (χ0) is 20.7. The first kappa shape index (κ1) is 21.5. The van der Waals surface area contributed by atoms with Crippen molar-refractivity contribution in [2.75, 3.05) is 19.5 Å². The minimum atomic E-state index is -3.57. The third-order valence-electron chi connectivity index (χ3n) is 3.67. The lowest BCUT2D eigenvalue weighted by molar-refractivity contribution is -0.111. The van der Waals surface area contributed by atoms with Gasteiger partial charge in [-0.3, -0.25) is 4.79 Å². The van der Waals surface area contributed by atoms with E-state index in [9.17, 15) is 13.2 Å². The normalized spacial score (nSPS) is 11.6. The standard InChI is InChI=1S/C20H24N2O5S/c1-14(2)22-28(24,25)17-11-9-16(10-12-17)21-19(23)13-8-15-6-5-7-18(26-3)20(15)27-4/h5-14,22H,1-4H3,(H,21,23)/b13-8+. The summed E-state index contributed by atoms with van der Waals surface area (Å²) in [6.45, 7) is 3.49. The molecule has 0 aromatic heterocycles. The van der Waals surface area contributed by atoms with Crippen LogP contribution in [0.2, 0.25) is 0 Å². The van der Waals surface area contributed by atoms with Gasteiger partial charge in [0.2, 0.25) is 15.9 Å². The first-order valence-corrected chi connectivity index (χ1v) is 10.1. The van der Waals surface area contributed by atoms with E-state index in [0.717, 1.165) is 0 Å². The fraction of sp³-hybridized carbons (Fsp3) is 0.250. The Kier molecular flexibility index (Phi) is 7.19. The number of sulfonamides is 1. The molecule has 0 bridgehead atoms. The summed E-state index contributed by atoms with van der Waals surface area (Å²) in [5.74, 6) is 0.735. The lowest BCUT2D eigenvalue weighted by atomic mass is 10.1. The van der Waals surface area contributed by atoms with Gasteiger partial charge in [0.1, 0.15) is 0 Å². The fourth-order valence-corrected chi connectivity index (χ4v) is 3.74. The SMILES string of the molecule is COc1cccc(/C=C/C(=O)Nc2ccc(S(=O)(=O)NC(C)C)cc2)c1OC. The number of hydrogen-bond acceptors (Lipinski definition) is 5. The monoisotopic (exact) mass is 404 g/mol. The van der Waals surface area contributed by atoms with Gasteiger partial charge in [0.15, 0.2) is 11.5 Å². The smallest absolute Gasteiger partial charge is 0.248 e. The second kappa shape index (κ2) is 9.38. The molecule has 0 heterocycles. The molecule has 0 spiro atoms. The topological polar surface area (TPSA) is 93.7 Å². The van der Waals surface area contributed by atoms with E-state index in [2.05, 4.69) is 10.0 Å². The van der Waals surface area contributed by atoms with E-state index >= 15 is 0 Å². The maximum Gasteiger partial charge on any atom is 0.248 e. The predicted molar refractivity (Wildman–Crippen MR) is 109 cm³/mol. The third kappa shape index (κ3) is 5.58. The third-order valence-corrected chi connectivity index (χ3v) is 5.35. The minimum absolute atomic E-state index is 0.135. The van der Waals surface area contributed by atoms with Crippen molar-refractivity contribution in [2.24, 2.45) is 0 Å². The molecule has 8 heteroatoms. The van der Waals surface area contributed by atoms with Crippen molar-refractivity contribution < 1.29 is 22.7 Å². The number of carbonyl (C=O) groups excluding carboxylic acids is 1. The summed E-state index contributed by atoms with van der Waals surface area (Å²) in [4.78, 5) is 12.3. The van der Waals surface area contributed by atoms with Crippen molar-refractivity contribution in [3.8, 4) is 11.5 Å². The first-order valence-electron chi connectivity index (χ1n) is 8.59. The highest BCUT2D eigenvalue weighted by Gasteiger charge is 2.15. The Morgan fingerprint density at radius 1 is 1.04 bits per heavy atom. The van der Waals surface area contributed by atoms with Crippen molar-refractivity contribution in [2.45, 2.75) is 24.8 Å². The lowest BCUT2D eigenvalue weighted by Crippen LogP contribution is -2.30. The zero-order valence-corrected chi connectivity index (χ0v) is 17.0. The quantitative estimate of drug-likeness (QED) is 0.660. The van der Waals surface area contributed by atoms with Gasteiger partial charge in [-0.15, -0.1) is 0 Å². The maximum atomic E-state index is 12.2. The van der Waals surface area contributed by atoms with Gasteiger partial charge >= 0.3 is 0 Å². The Bertz CT molecular complexity index is 951. The number of methoxy groups -OCH3 is 2. The van der Waals surface area contributed by atoms with Crippen LogP contribution in [0.5, 0.6) is 11.5 Å². The number of amides is 1. The molecule has 0 aliphatic heterocycles. The van der Waals surface area contributed by atoms with Crippen LogP contribution in [0.15, 0.2) is 53.4 Å². The second-order valence-corrected chi connectivity index (χ2v) is 7.92. The van der Waals surface area contributed by atoms with Gasteiger partial charge in [0, 0.05) is 23.4 Å². The molecule has 2 rings (SSSR count). The summed E-state index contributed by atoms with van der Waals surface area (Å²) in [5, 5.41) is 2.68. The van der Waals surface area contributed by atoms with Crippen LogP contribution in [-0.4, -0.2) is 34.6 Å². The Balaban J connectivity index is 2.09. The molecule has 2 N–H and O–H groups in total. The molecule has 0 fully saturated rings. The van der Waals surface area contributed by atoms with Gasteiger partial charge in [0.25, 0.3) is 0 Å². The fourth-order valence-electron chi connectivity index (χ4n) is 2.49. The van der Waals surface area contributed by atoms with Gasteiger partial charge < -0.3 is 14.8 Å². The highest BCUT2D eigenvalue weighted by atomic mass is 32.2. The second-order valence-electron chi connectivity index (χ2n) is 6.21. The Labute approximate surface area is 165 Å². The summed E-state index contributed by atoms with van der Waals surface area (Å²) in [6.07, 6.45) is 2.98. The summed E-state index contributed by atoms with van der Waals surface area (Å²) in [5.41, 5.74) is 1.17. The van der Waals surface area contributed by atoms with Gasteiger partial charge in [-0.25, -0.2) is 13.1 Å². The van der Waals surface area contributed by atoms with Crippen LogP contribution in [0.25, 0.3) is 6.08 Å². The molecule has 1 amide bonds. The van der Waals surface area contributed by atoms with E-state index in [1.165, 1.54) is 37.5 Å². The van der Waals surface area contributed by atoms with Gasteiger partial charge in [0.05, 0.1) is 19.1 Å². The van der Waals surface area contributed by atoms with Crippen LogP contribution in [0.3, 0.4) is 0 Å². The van der Waals surface area contributed by atoms with Crippen molar-refractivity contribution in [1.82, 2.24) is 4.72 Å². The van der Waals surface area contributed by atoms with Crippen LogP contribution >= 0.6 is 0 Å². The van der Waals surface area contributed by atoms with Crippen molar-refractivity contribution in [1.29, 1.82) is 0 Å². The largest absolute Gasteiger partial charge is 0.493 e. The summed E-state index contributed by atoms with van der Waals surface area (Å²) >= 11 is 0. The van der Waals surface area contributed by atoms with Crippen LogP contribution in [0.1, 0.15) is 19.4 Å². The molecule has 0 atom stereocenters. The number of rotatable bonds is 8. The average molecular weight is 404 g/mol. The number of para-hydroxylation sites is 1. The van der Waals surface area contributed by atoms with Crippen molar-refractivity contribution in [3.63, 3.8) is 0 Å². The molecule has 28 heavy (non-hydrogen) atoms. The van der Waals surface area contributed by atoms with E-state index in [1.54, 1.807) is 45.2 Å².